The van der Waals surface area contributed by atoms with Gasteiger partial charge in [-0.3, -0.25) is 14.9 Å². The summed E-state index contributed by atoms with van der Waals surface area (Å²) in [7, 11) is 0. The third-order valence-corrected chi connectivity index (χ3v) is 3.66. The summed E-state index contributed by atoms with van der Waals surface area (Å²) in [6.07, 6.45) is 3.97. The lowest BCUT2D eigenvalue weighted by Crippen LogP contribution is -2.36. The van der Waals surface area contributed by atoms with Crippen molar-refractivity contribution >= 4 is 17.3 Å². The molecule has 1 amide bonds. The number of anilines is 1. The Morgan fingerprint density at radius 1 is 1.33 bits per heavy atom. The Balaban J connectivity index is 2.34. The van der Waals surface area contributed by atoms with E-state index in [1.807, 2.05) is 6.92 Å². The maximum absolute atomic E-state index is 12.6. The van der Waals surface area contributed by atoms with Crippen LogP contribution < -0.4 is 5.32 Å². The fourth-order valence-electron chi connectivity index (χ4n) is 2.57. The van der Waals surface area contributed by atoms with Gasteiger partial charge in [0.15, 0.2) is 0 Å². The van der Waals surface area contributed by atoms with E-state index in [2.05, 4.69) is 5.32 Å². The van der Waals surface area contributed by atoms with Gasteiger partial charge in [0, 0.05) is 25.7 Å². The quantitative estimate of drug-likeness (QED) is 0.668. The van der Waals surface area contributed by atoms with Crippen LogP contribution in [0.15, 0.2) is 18.2 Å². The highest BCUT2D eigenvalue weighted by Crippen LogP contribution is 2.29. The number of carbonyl (C=O) groups is 1. The van der Waals surface area contributed by atoms with Crippen molar-refractivity contribution in [2.45, 2.75) is 32.6 Å². The average Bonchev–Trinajstić information content (AvgIpc) is 2.52. The Kier molecular flexibility index (Phi) is 5.14. The van der Waals surface area contributed by atoms with Crippen LogP contribution >= 0.6 is 0 Å². The first-order chi connectivity index (χ1) is 10.1. The third-order valence-electron chi connectivity index (χ3n) is 3.66. The Bertz CT molecular complexity index is 525. The Morgan fingerprint density at radius 3 is 2.67 bits per heavy atom. The van der Waals surface area contributed by atoms with Gasteiger partial charge in [-0.05, 0) is 31.7 Å². The number of nitro groups is 1. The second-order valence-corrected chi connectivity index (χ2v) is 5.24. The highest BCUT2D eigenvalue weighted by atomic mass is 16.6. The van der Waals surface area contributed by atoms with E-state index in [9.17, 15) is 14.9 Å². The topological polar surface area (TPSA) is 75.5 Å². The van der Waals surface area contributed by atoms with E-state index in [4.69, 9.17) is 0 Å². The molecule has 0 radical (unpaired) electrons. The molecule has 0 aliphatic carbocycles. The van der Waals surface area contributed by atoms with Crippen molar-refractivity contribution < 1.29 is 9.72 Å². The fraction of sp³-hybridized carbons (Fsp3) is 0.533. The third kappa shape index (κ3) is 3.51. The first-order valence-corrected chi connectivity index (χ1v) is 7.45. The number of hydrogen-bond acceptors (Lipinski definition) is 4. The minimum atomic E-state index is -0.440. The molecular formula is C15H21N3O3. The number of likely N-dealkylation sites (tertiary alicyclic amines) is 1. The van der Waals surface area contributed by atoms with Gasteiger partial charge in [-0.15, -0.1) is 0 Å². The predicted octanol–water partition coefficient (Wildman–Crippen LogP) is 3.04. The number of rotatable bonds is 5. The van der Waals surface area contributed by atoms with Crippen LogP contribution in [0.1, 0.15) is 43.0 Å². The summed E-state index contributed by atoms with van der Waals surface area (Å²) in [6.45, 7) is 4.04. The molecule has 114 valence electrons. The first-order valence-electron chi connectivity index (χ1n) is 7.45. The second kappa shape index (κ2) is 7.06. The zero-order chi connectivity index (χ0) is 15.2. The number of piperidine rings is 1. The lowest BCUT2D eigenvalue weighted by Gasteiger charge is -2.27. The molecule has 2 rings (SSSR count). The van der Waals surface area contributed by atoms with Crippen LogP contribution in [0.2, 0.25) is 0 Å². The summed E-state index contributed by atoms with van der Waals surface area (Å²) >= 11 is 0. The first kappa shape index (κ1) is 15.3. The van der Waals surface area contributed by atoms with Gasteiger partial charge in [-0.1, -0.05) is 13.0 Å². The molecule has 6 heteroatoms. The average molecular weight is 291 g/mol. The molecule has 0 atom stereocenters. The standard InChI is InChI=1S/C15H21N3O3/c1-2-9-16-14-12(7-6-8-13(14)18(20)21)15(19)17-10-4-3-5-11-17/h6-8,16H,2-5,9-11H2,1H3. The number of benzene rings is 1. The molecule has 1 aliphatic rings. The molecule has 0 aromatic heterocycles. The molecule has 0 spiro atoms. The summed E-state index contributed by atoms with van der Waals surface area (Å²) in [5, 5.41) is 14.2. The molecule has 1 heterocycles. The maximum atomic E-state index is 12.6. The number of nitrogens with one attached hydrogen (secondary N) is 1. The lowest BCUT2D eigenvalue weighted by molar-refractivity contribution is -0.384. The van der Waals surface area contributed by atoms with E-state index in [1.165, 1.54) is 6.07 Å². The van der Waals surface area contributed by atoms with Crippen LogP contribution in [0, 0.1) is 10.1 Å². The lowest BCUT2D eigenvalue weighted by atomic mass is 10.1. The summed E-state index contributed by atoms with van der Waals surface area (Å²) in [5.74, 6) is -0.114. The molecule has 0 saturated carbocycles. The summed E-state index contributed by atoms with van der Waals surface area (Å²) in [5.41, 5.74) is 0.714. The fourth-order valence-corrected chi connectivity index (χ4v) is 2.57. The highest BCUT2D eigenvalue weighted by Gasteiger charge is 2.25. The molecule has 1 fully saturated rings. The van der Waals surface area contributed by atoms with Gasteiger partial charge >= 0.3 is 0 Å². The zero-order valence-corrected chi connectivity index (χ0v) is 12.3. The van der Waals surface area contributed by atoms with Crippen LogP contribution in [-0.2, 0) is 0 Å². The number of nitro benzene ring substituents is 1. The number of nitrogens with zero attached hydrogens (tertiary/aromatic N) is 2. The smallest absolute Gasteiger partial charge is 0.293 e. The van der Waals surface area contributed by atoms with Crippen LogP contribution in [0.4, 0.5) is 11.4 Å². The van der Waals surface area contributed by atoms with Gasteiger partial charge in [0.25, 0.3) is 11.6 Å². The molecule has 1 aliphatic heterocycles. The van der Waals surface area contributed by atoms with Gasteiger partial charge in [0.1, 0.15) is 5.69 Å². The van der Waals surface area contributed by atoms with E-state index >= 15 is 0 Å². The monoisotopic (exact) mass is 291 g/mol. The van der Waals surface area contributed by atoms with E-state index < -0.39 is 4.92 Å². The van der Waals surface area contributed by atoms with Gasteiger partial charge in [0.05, 0.1) is 10.5 Å². The molecule has 1 N–H and O–H groups in total. The van der Waals surface area contributed by atoms with E-state index in [-0.39, 0.29) is 11.6 Å². The van der Waals surface area contributed by atoms with Gasteiger partial charge in [-0.2, -0.15) is 0 Å². The summed E-state index contributed by atoms with van der Waals surface area (Å²) in [6, 6.07) is 4.68. The molecule has 6 nitrogen and oxygen atoms in total. The van der Waals surface area contributed by atoms with E-state index in [0.29, 0.717) is 17.8 Å². The number of para-hydroxylation sites is 1. The predicted molar refractivity (Wildman–Crippen MR) is 81.6 cm³/mol. The molecule has 0 bridgehead atoms. The number of amides is 1. The van der Waals surface area contributed by atoms with Crippen molar-refractivity contribution in [3.63, 3.8) is 0 Å². The Labute approximate surface area is 124 Å². The van der Waals surface area contributed by atoms with Crippen molar-refractivity contribution in [2.75, 3.05) is 25.0 Å². The Hall–Kier alpha value is -2.11. The van der Waals surface area contributed by atoms with E-state index in [0.717, 1.165) is 38.8 Å². The molecule has 21 heavy (non-hydrogen) atoms. The normalized spacial score (nSPS) is 14.8. The summed E-state index contributed by atoms with van der Waals surface area (Å²) in [4.78, 5) is 25.2. The molecule has 1 saturated heterocycles. The number of hydrogen-bond donors (Lipinski definition) is 1. The van der Waals surface area contributed by atoms with Crippen molar-refractivity contribution in [3.05, 3.63) is 33.9 Å². The van der Waals surface area contributed by atoms with E-state index in [1.54, 1.807) is 17.0 Å². The van der Waals surface area contributed by atoms with Crippen molar-refractivity contribution in [3.8, 4) is 0 Å². The van der Waals surface area contributed by atoms with Crippen molar-refractivity contribution in [1.29, 1.82) is 0 Å². The number of carbonyl (C=O) groups excluding carboxylic acids is 1. The Morgan fingerprint density at radius 2 is 2.05 bits per heavy atom. The molecule has 0 unspecified atom stereocenters. The van der Waals surface area contributed by atoms with Crippen molar-refractivity contribution in [2.24, 2.45) is 0 Å². The molecule has 1 aromatic carbocycles. The van der Waals surface area contributed by atoms with Gasteiger partial charge in [0.2, 0.25) is 0 Å². The van der Waals surface area contributed by atoms with Crippen LogP contribution in [-0.4, -0.2) is 35.4 Å². The van der Waals surface area contributed by atoms with Crippen molar-refractivity contribution in [1.82, 2.24) is 4.90 Å². The highest BCUT2D eigenvalue weighted by molar-refractivity contribution is 6.01. The summed E-state index contributed by atoms with van der Waals surface area (Å²) < 4.78 is 0. The zero-order valence-electron chi connectivity index (χ0n) is 12.3. The second-order valence-electron chi connectivity index (χ2n) is 5.24. The van der Waals surface area contributed by atoms with Gasteiger partial charge in [-0.25, -0.2) is 0 Å². The van der Waals surface area contributed by atoms with Crippen LogP contribution in [0.3, 0.4) is 0 Å². The minimum Gasteiger partial charge on any atom is -0.379 e. The van der Waals surface area contributed by atoms with Crippen LogP contribution in [0.5, 0.6) is 0 Å². The maximum Gasteiger partial charge on any atom is 0.293 e. The largest absolute Gasteiger partial charge is 0.379 e. The minimum absolute atomic E-state index is 0.0358. The molecule has 1 aromatic rings. The SMILES string of the molecule is CCCNc1c(C(=O)N2CCCCC2)cccc1[N+](=O)[O-]. The van der Waals surface area contributed by atoms with Gasteiger partial charge < -0.3 is 10.2 Å². The van der Waals surface area contributed by atoms with Crippen LogP contribution in [0.25, 0.3) is 0 Å². The molecular weight excluding hydrogens is 270 g/mol.